The van der Waals surface area contributed by atoms with E-state index in [4.69, 9.17) is 0 Å². The monoisotopic (exact) mass is 407 g/mol. The Kier molecular flexibility index (Phi) is 5.09. The molecule has 8 heteroatoms. The number of rotatable bonds is 6. The molecule has 3 atom stereocenters. The molecular formula is C22H21N3O5. The van der Waals surface area contributed by atoms with Gasteiger partial charge in [-0.2, -0.15) is 0 Å². The van der Waals surface area contributed by atoms with Crippen LogP contribution in [0.15, 0.2) is 54.4 Å². The van der Waals surface area contributed by atoms with E-state index in [2.05, 4.69) is 10.3 Å². The van der Waals surface area contributed by atoms with Crippen LogP contribution < -0.4 is 5.32 Å². The van der Waals surface area contributed by atoms with Gasteiger partial charge < -0.3 is 20.4 Å². The van der Waals surface area contributed by atoms with E-state index in [-0.39, 0.29) is 23.6 Å². The number of nitrogens with one attached hydrogen (secondary N) is 1. The summed E-state index contributed by atoms with van der Waals surface area (Å²) in [4.78, 5) is 41.5. The Morgan fingerprint density at radius 3 is 2.57 bits per heavy atom. The maximum atomic E-state index is 12.3. The summed E-state index contributed by atoms with van der Waals surface area (Å²) in [6.45, 7) is 1.85. The third-order valence-electron chi connectivity index (χ3n) is 5.58. The largest absolute Gasteiger partial charge is 0.477 e. The zero-order chi connectivity index (χ0) is 21.4. The standard InChI is InChI=1S/C22H21N3O5/c1-12(26)18-17-10-15(19(22(29)30)25(17)21(18)28)14-7-5-13(6-8-14)11-24-20(27)16-4-2-3-9-23-16/h2-9,12,17-18,26H,10-11H2,1H3,(H,24,27)(H,29,30)/t12-,17-,18-/m1/s1. The van der Waals surface area contributed by atoms with Gasteiger partial charge in [-0.05, 0) is 42.2 Å². The minimum Gasteiger partial charge on any atom is -0.477 e. The van der Waals surface area contributed by atoms with E-state index in [0.29, 0.717) is 29.8 Å². The number of carboxylic acid groups (broad SMARTS) is 1. The first-order chi connectivity index (χ1) is 14.4. The van der Waals surface area contributed by atoms with Crippen molar-refractivity contribution in [2.24, 2.45) is 5.92 Å². The lowest BCUT2D eigenvalue weighted by atomic mass is 9.82. The first kappa shape index (κ1) is 19.8. The van der Waals surface area contributed by atoms with Crippen LogP contribution in [0.5, 0.6) is 0 Å². The van der Waals surface area contributed by atoms with Crippen molar-refractivity contribution in [3.63, 3.8) is 0 Å². The first-order valence-electron chi connectivity index (χ1n) is 9.64. The molecule has 2 aliphatic heterocycles. The normalized spacial score (nSPS) is 21.1. The van der Waals surface area contributed by atoms with E-state index in [1.165, 1.54) is 4.90 Å². The second-order valence-corrected chi connectivity index (χ2v) is 7.47. The molecule has 3 N–H and O–H groups in total. The van der Waals surface area contributed by atoms with Crippen molar-refractivity contribution in [2.45, 2.75) is 32.0 Å². The van der Waals surface area contributed by atoms with Crippen LogP contribution in [0.25, 0.3) is 5.57 Å². The number of carboxylic acids is 1. The van der Waals surface area contributed by atoms with Crippen LogP contribution in [0.4, 0.5) is 0 Å². The van der Waals surface area contributed by atoms with Crippen molar-refractivity contribution >= 4 is 23.4 Å². The molecule has 4 rings (SSSR count). The fourth-order valence-electron chi connectivity index (χ4n) is 4.12. The average Bonchev–Trinajstić information content (AvgIpc) is 3.08. The average molecular weight is 407 g/mol. The topological polar surface area (TPSA) is 120 Å². The Morgan fingerprint density at radius 2 is 1.97 bits per heavy atom. The fourth-order valence-corrected chi connectivity index (χ4v) is 4.12. The molecule has 0 saturated carbocycles. The molecule has 2 amide bonds. The van der Waals surface area contributed by atoms with E-state index in [1.54, 1.807) is 43.5 Å². The molecule has 0 aliphatic carbocycles. The van der Waals surface area contributed by atoms with Crippen molar-refractivity contribution in [3.05, 3.63) is 71.2 Å². The molecule has 2 aromatic rings. The van der Waals surface area contributed by atoms with Gasteiger partial charge in [-0.1, -0.05) is 30.3 Å². The Labute approximate surface area is 172 Å². The van der Waals surface area contributed by atoms with E-state index >= 15 is 0 Å². The summed E-state index contributed by atoms with van der Waals surface area (Å²) in [5.41, 5.74) is 2.45. The lowest BCUT2D eigenvalue weighted by Crippen LogP contribution is -2.61. The third kappa shape index (κ3) is 3.35. The van der Waals surface area contributed by atoms with Crippen molar-refractivity contribution < 1.29 is 24.6 Å². The van der Waals surface area contributed by atoms with Crippen LogP contribution >= 0.6 is 0 Å². The minimum atomic E-state index is -1.16. The number of nitrogens with zero attached hydrogens (tertiary/aromatic N) is 2. The van der Waals surface area contributed by atoms with Gasteiger partial charge in [0.1, 0.15) is 11.4 Å². The maximum absolute atomic E-state index is 12.3. The Hall–Kier alpha value is -3.52. The Morgan fingerprint density at radius 1 is 1.23 bits per heavy atom. The number of fused-ring (bicyclic) bond motifs is 1. The molecule has 1 saturated heterocycles. The number of aliphatic carboxylic acids is 1. The molecule has 8 nitrogen and oxygen atoms in total. The number of hydrogen-bond donors (Lipinski definition) is 3. The van der Waals surface area contributed by atoms with Crippen molar-refractivity contribution in [1.29, 1.82) is 0 Å². The molecule has 154 valence electrons. The molecule has 1 aromatic carbocycles. The highest BCUT2D eigenvalue weighted by molar-refractivity contribution is 6.06. The summed E-state index contributed by atoms with van der Waals surface area (Å²) >= 11 is 0. The molecule has 1 aromatic heterocycles. The van der Waals surface area contributed by atoms with Crippen LogP contribution in [0.3, 0.4) is 0 Å². The van der Waals surface area contributed by atoms with E-state index in [9.17, 15) is 24.6 Å². The zero-order valence-corrected chi connectivity index (χ0v) is 16.3. The summed E-state index contributed by atoms with van der Waals surface area (Å²) < 4.78 is 0. The number of hydrogen-bond acceptors (Lipinski definition) is 5. The quantitative estimate of drug-likeness (QED) is 0.623. The SMILES string of the molecule is C[C@@H](O)[C@H]1C(=O)N2C(C(=O)O)=C(c3ccc(CNC(=O)c4ccccn4)cc3)C[C@H]12. The van der Waals surface area contributed by atoms with Gasteiger partial charge in [-0.25, -0.2) is 4.79 Å². The van der Waals surface area contributed by atoms with Gasteiger partial charge in [0, 0.05) is 12.7 Å². The van der Waals surface area contributed by atoms with Gasteiger partial charge in [0.15, 0.2) is 0 Å². The summed E-state index contributed by atoms with van der Waals surface area (Å²) in [6, 6.07) is 12.0. The van der Waals surface area contributed by atoms with Crippen molar-refractivity contribution in [2.75, 3.05) is 0 Å². The molecule has 1 fully saturated rings. The summed E-state index contributed by atoms with van der Waals surface area (Å²) in [7, 11) is 0. The van der Waals surface area contributed by atoms with Gasteiger partial charge in [-0.3, -0.25) is 14.6 Å². The van der Waals surface area contributed by atoms with Gasteiger partial charge in [0.05, 0.1) is 18.1 Å². The Bertz CT molecular complexity index is 1030. The summed E-state index contributed by atoms with van der Waals surface area (Å²) in [5, 5.41) is 22.3. The number of amides is 2. The molecule has 0 radical (unpaired) electrons. The highest BCUT2D eigenvalue weighted by Crippen LogP contribution is 2.46. The predicted molar refractivity (Wildman–Crippen MR) is 107 cm³/mol. The molecular weight excluding hydrogens is 386 g/mol. The van der Waals surface area contributed by atoms with Crippen molar-refractivity contribution in [3.8, 4) is 0 Å². The van der Waals surface area contributed by atoms with Crippen molar-refractivity contribution in [1.82, 2.24) is 15.2 Å². The van der Waals surface area contributed by atoms with Gasteiger partial charge >= 0.3 is 5.97 Å². The van der Waals surface area contributed by atoms with E-state index < -0.39 is 18.0 Å². The van der Waals surface area contributed by atoms with Gasteiger partial charge in [0.25, 0.3) is 5.91 Å². The smallest absolute Gasteiger partial charge is 0.352 e. The second kappa shape index (κ2) is 7.72. The van der Waals surface area contributed by atoms with E-state index in [1.807, 2.05) is 12.1 Å². The van der Waals surface area contributed by atoms with Crippen LogP contribution in [-0.2, 0) is 16.1 Å². The number of aromatic nitrogens is 1. The minimum absolute atomic E-state index is 0.0156. The molecule has 0 bridgehead atoms. The lowest BCUT2D eigenvalue weighted by molar-refractivity contribution is -0.161. The first-order valence-corrected chi connectivity index (χ1v) is 9.64. The highest BCUT2D eigenvalue weighted by atomic mass is 16.4. The summed E-state index contributed by atoms with van der Waals surface area (Å²) in [5.74, 6) is -2.36. The molecule has 2 aliphatic rings. The summed E-state index contributed by atoms with van der Waals surface area (Å²) in [6.07, 6.45) is 1.12. The number of benzene rings is 1. The predicted octanol–water partition coefficient (Wildman–Crippen LogP) is 1.42. The number of carbonyl (C=O) groups is 3. The van der Waals surface area contributed by atoms with Gasteiger partial charge in [0.2, 0.25) is 5.91 Å². The lowest BCUT2D eigenvalue weighted by Gasteiger charge is -2.44. The molecule has 3 heterocycles. The maximum Gasteiger partial charge on any atom is 0.352 e. The molecule has 0 spiro atoms. The number of aliphatic hydroxyl groups is 1. The number of β-lactam (4-membered cyclic amide) rings is 1. The van der Waals surface area contributed by atoms with E-state index in [0.717, 1.165) is 5.56 Å². The van der Waals surface area contributed by atoms with Crippen LogP contribution in [-0.4, -0.2) is 50.0 Å². The van der Waals surface area contributed by atoms with Crippen LogP contribution in [0, 0.1) is 5.92 Å². The molecule has 30 heavy (non-hydrogen) atoms. The van der Waals surface area contributed by atoms with Gasteiger partial charge in [-0.15, -0.1) is 0 Å². The number of pyridine rings is 1. The van der Waals surface area contributed by atoms with Crippen LogP contribution in [0.1, 0.15) is 35.0 Å². The number of carbonyl (C=O) groups excluding carboxylic acids is 2. The number of aliphatic hydroxyl groups excluding tert-OH is 1. The zero-order valence-electron chi connectivity index (χ0n) is 16.3. The third-order valence-corrected chi connectivity index (χ3v) is 5.58. The molecule has 0 unspecified atom stereocenters. The second-order valence-electron chi connectivity index (χ2n) is 7.47. The highest BCUT2D eigenvalue weighted by Gasteiger charge is 2.56. The Balaban J connectivity index is 1.49. The fraction of sp³-hybridized carbons (Fsp3) is 0.273. The van der Waals surface area contributed by atoms with Crippen LogP contribution in [0.2, 0.25) is 0 Å².